The molecule has 1 amide bonds. The van der Waals surface area contributed by atoms with E-state index in [0.717, 1.165) is 12.0 Å². The lowest BCUT2D eigenvalue weighted by molar-refractivity contribution is 0.0727. The molecule has 2 atom stereocenters. The average Bonchev–Trinajstić information content (AvgIpc) is 2.63. The number of hydrogen-bond donors (Lipinski definition) is 2. The summed E-state index contributed by atoms with van der Waals surface area (Å²) < 4.78 is 5.51. The van der Waals surface area contributed by atoms with Crippen molar-refractivity contribution in [3.8, 4) is 0 Å². The van der Waals surface area contributed by atoms with E-state index in [9.17, 15) is 4.79 Å². The third-order valence-corrected chi connectivity index (χ3v) is 3.82. The molecule has 18 heavy (non-hydrogen) atoms. The van der Waals surface area contributed by atoms with Crippen LogP contribution in [0.15, 0.2) is 18.2 Å². The molecular weight excluding hydrogens is 228 g/mol. The van der Waals surface area contributed by atoms with Gasteiger partial charge in [-0.2, -0.15) is 0 Å². The number of hydrogen-bond acceptors (Lipinski definition) is 3. The Bertz CT molecular complexity index is 473. The molecule has 98 valence electrons. The van der Waals surface area contributed by atoms with Gasteiger partial charge < -0.3 is 15.8 Å². The molecule has 2 unspecified atom stereocenters. The molecule has 1 aromatic rings. The fourth-order valence-electron chi connectivity index (χ4n) is 2.15. The van der Waals surface area contributed by atoms with Crippen molar-refractivity contribution < 1.29 is 9.53 Å². The zero-order valence-corrected chi connectivity index (χ0v) is 11.1. The second-order valence-corrected chi connectivity index (χ2v) is 5.21. The maximum atomic E-state index is 12.2. The van der Waals surface area contributed by atoms with E-state index in [0.29, 0.717) is 17.9 Å². The van der Waals surface area contributed by atoms with E-state index in [4.69, 9.17) is 10.5 Å². The van der Waals surface area contributed by atoms with Gasteiger partial charge >= 0.3 is 0 Å². The molecule has 3 N–H and O–H groups in total. The molecule has 1 saturated heterocycles. The van der Waals surface area contributed by atoms with Crippen LogP contribution in [-0.2, 0) is 4.74 Å². The van der Waals surface area contributed by atoms with Gasteiger partial charge in [-0.25, -0.2) is 0 Å². The summed E-state index contributed by atoms with van der Waals surface area (Å²) in [6.45, 7) is 6.60. The van der Waals surface area contributed by atoms with E-state index < -0.39 is 0 Å². The van der Waals surface area contributed by atoms with Crippen LogP contribution < -0.4 is 11.1 Å². The molecule has 0 radical (unpaired) electrons. The number of nitrogens with two attached hydrogens (primary N) is 1. The fraction of sp³-hybridized carbons (Fsp3) is 0.500. The minimum atomic E-state index is -0.285. The van der Waals surface area contributed by atoms with Crippen LogP contribution in [0.1, 0.15) is 36.2 Å². The van der Waals surface area contributed by atoms with E-state index >= 15 is 0 Å². The second-order valence-electron chi connectivity index (χ2n) is 5.21. The molecule has 1 aliphatic rings. The Morgan fingerprint density at radius 1 is 1.56 bits per heavy atom. The van der Waals surface area contributed by atoms with Crippen LogP contribution in [0.25, 0.3) is 0 Å². The van der Waals surface area contributed by atoms with Gasteiger partial charge in [-0.15, -0.1) is 0 Å². The van der Waals surface area contributed by atoms with Crippen molar-refractivity contribution in [1.82, 2.24) is 5.32 Å². The summed E-state index contributed by atoms with van der Waals surface area (Å²) in [5, 5.41) is 3.06. The highest BCUT2D eigenvalue weighted by atomic mass is 16.5. The van der Waals surface area contributed by atoms with Crippen LogP contribution in [0, 0.1) is 6.92 Å². The van der Waals surface area contributed by atoms with Gasteiger partial charge in [0.25, 0.3) is 5.91 Å². The molecule has 4 heteroatoms. The minimum Gasteiger partial charge on any atom is -0.399 e. The van der Waals surface area contributed by atoms with E-state index in [1.54, 1.807) is 12.1 Å². The molecule has 2 rings (SSSR count). The highest BCUT2D eigenvalue weighted by Crippen LogP contribution is 2.25. The van der Waals surface area contributed by atoms with Crippen LogP contribution in [-0.4, -0.2) is 24.2 Å². The third-order valence-electron chi connectivity index (χ3n) is 3.82. The van der Waals surface area contributed by atoms with Crippen molar-refractivity contribution in [3.63, 3.8) is 0 Å². The van der Waals surface area contributed by atoms with Gasteiger partial charge in [-0.3, -0.25) is 4.79 Å². The van der Waals surface area contributed by atoms with Gasteiger partial charge in [0, 0.05) is 17.9 Å². The van der Waals surface area contributed by atoms with E-state index in [2.05, 4.69) is 5.32 Å². The van der Waals surface area contributed by atoms with Gasteiger partial charge in [0.15, 0.2) is 0 Å². The normalized spacial score (nSPS) is 27.2. The number of amides is 1. The van der Waals surface area contributed by atoms with Crippen LogP contribution in [0.5, 0.6) is 0 Å². The number of anilines is 1. The first-order valence-electron chi connectivity index (χ1n) is 6.22. The molecule has 0 aliphatic carbocycles. The van der Waals surface area contributed by atoms with E-state index in [1.807, 2.05) is 26.8 Å². The zero-order chi connectivity index (χ0) is 13.3. The number of nitrogens with one attached hydrogen (secondary N) is 1. The highest BCUT2D eigenvalue weighted by Gasteiger charge is 2.38. The average molecular weight is 248 g/mol. The molecule has 4 nitrogen and oxygen atoms in total. The number of ether oxygens (including phenoxy) is 1. The number of benzene rings is 1. The largest absolute Gasteiger partial charge is 0.399 e. The smallest absolute Gasteiger partial charge is 0.251 e. The van der Waals surface area contributed by atoms with Crippen molar-refractivity contribution >= 4 is 11.6 Å². The summed E-state index contributed by atoms with van der Waals surface area (Å²) in [5.41, 5.74) is 7.73. The standard InChI is InChI=1S/C14H20N2O2/c1-9-8-11(4-5-12(9)15)13(17)16-14(3)6-7-18-10(14)2/h4-5,8,10H,6-7,15H2,1-3H3,(H,16,17). The Morgan fingerprint density at radius 3 is 2.83 bits per heavy atom. The van der Waals surface area contributed by atoms with Crippen molar-refractivity contribution in [3.05, 3.63) is 29.3 Å². The van der Waals surface area contributed by atoms with Crippen molar-refractivity contribution in [1.29, 1.82) is 0 Å². The third kappa shape index (κ3) is 2.34. The molecule has 0 saturated carbocycles. The van der Waals surface area contributed by atoms with E-state index in [-0.39, 0.29) is 17.6 Å². The van der Waals surface area contributed by atoms with Crippen molar-refractivity contribution in [2.75, 3.05) is 12.3 Å². The first-order chi connectivity index (χ1) is 8.42. The van der Waals surface area contributed by atoms with Crippen LogP contribution in [0.3, 0.4) is 0 Å². The first kappa shape index (κ1) is 12.9. The molecule has 0 aromatic heterocycles. The first-order valence-corrected chi connectivity index (χ1v) is 6.22. The van der Waals surface area contributed by atoms with Gasteiger partial charge in [-0.1, -0.05) is 0 Å². The SMILES string of the molecule is Cc1cc(C(=O)NC2(C)CCOC2C)ccc1N. The zero-order valence-electron chi connectivity index (χ0n) is 11.1. The molecule has 1 heterocycles. The summed E-state index contributed by atoms with van der Waals surface area (Å²) in [6.07, 6.45) is 0.879. The second kappa shape index (κ2) is 4.61. The Balaban J connectivity index is 2.14. The lowest BCUT2D eigenvalue weighted by atomic mass is 9.94. The Labute approximate surface area is 108 Å². The number of rotatable bonds is 2. The lowest BCUT2D eigenvalue weighted by Gasteiger charge is -2.29. The van der Waals surface area contributed by atoms with Gasteiger partial charge in [0.1, 0.15) is 0 Å². The monoisotopic (exact) mass is 248 g/mol. The lowest BCUT2D eigenvalue weighted by Crippen LogP contribution is -2.50. The quantitative estimate of drug-likeness (QED) is 0.785. The molecular formula is C14H20N2O2. The Hall–Kier alpha value is -1.55. The van der Waals surface area contributed by atoms with Crippen LogP contribution in [0.2, 0.25) is 0 Å². The maximum Gasteiger partial charge on any atom is 0.251 e. The maximum absolute atomic E-state index is 12.2. The van der Waals surface area contributed by atoms with Crippen LogP contribution >= 0.6 is 0 Å². The van der Waals surface area contributed by atoms with Gasteiger partial charge in [0.05, 0.1) is 11.6 Å². The fourth-order valence-corrected chi connectivity index (χ4v) is 2.15. The van der Waals surface area contributed by atoms with Crippen molar-refractivity contribution in [2.24, 2.45) is 0 Å². The summed E-state index contributed by atoms with van der Waals surface area (Å²) >= 11 is 0. The molecule has 1 aliphatic heterocycles. The number of carbonyl (C=O) groups is 1. The summed E-state index contributed by atoms with van der Waals surface area (Å²) in [7, 11) is 0. The van der Waals surface area contributed by atoms with Gasteiger partial charge in [0.2, 0.25) is 0 Å². The van der Waals surface area contributed by atoms with Crippen molar-refractivity contribution in [2.45, 2.75) is 38.8 Å². The topological polar surface area (TPSA) is 64.3 Å². The van der Waals surface area contributed by atoms with Crippen LogP contribution in [0.4, 0.5) is 5.69 Å². The van der Waals surface area contributed by atoms with Gasteiger partial charge in [-0.05, 0) is 51.0 Å². The molecule has 1 aromatic carbocycles. The number of carbonyl (C=O) groups excluding carboxylic acids is 1. The number of nitrogen functional groups attached to an aromatic ring is 1. The Kier molecular flexibility index (Phi) is 3.30. The van der Waals surface area contributed by atoms with E-state index in [1.165, 1.54) is 0 Å². The highest BCUT2D eigenvalue weighted by molar-refractivity contribution is 5.95. The minimum absolute atomic E-state index is 0.0383. The molecule has 0 bridgehead atoms. The molecule has 0 spiro atoms. The predicted octanol–water partition coefficient (Wildman–Crippen LogP) is 1.87. The summed E-state index contributed by atoms with van der Waals surface area (Å²) in [4.78, 5) is 12.2. The Morgan fingerprint density at radius 2 is 2.28 bits per heavy atom. The molecule has 1 fully saturated rings. The predicted molar refractivity (Wildman–Crippen MR) is 71.5 cm³/mol. The summed E-state index contributed by atoms with van der Waals surface area (Å²) in [6, 6.07) is 5.33. The summed E-state index contributed by atoms with van der Waals surface area (Å²) in [5.74, 6) is -0.0713. The number of aryl methyl sites for hydroxylation is 1.